The molecular formula is C23H22N2O4. The SMILES string of the molecule is O=C(OCC(=O)N1CCCc2ccccc21)c1ccccc1NCc1ccco1. The number of hydrogen-bond donors (Lipinski definition) is 1. The van der Waals surface area contributed by atoms with Crippen molar-refractivity contribution in [2.24, 2.45) is 0 Å². The third-order valence-corrected chi connectivity index (χ3v) is 4.92. The molecule has 0 atom stereocenters. The lowest BCUT2D eigenvalue weighted by molar-refractivity contribution is -0.121. The van der Waals surface area contributed by atoms with Crippen molar-refractivity contribution in [1.82, 2.24) is 0 Å². The molecule has 1 aromatic heterocycles. The van der Waals surface area contributed by atoms with Crippen LogP contribution in [0.3, 0.4) is 0 Å². The number of para-hydroxylation sites is 2. The van der Waals surface area contributed by atoms with Crippen molar-refractivity contribution in [1.29, 1.82) is 0 Å². The summed E-state index contributed by atoms with van der Waals surface area (Å²) in [6.45, 7) is 0.787. The first-order valence-electron chi connectivity index (χ1n) is 9.63. The highest BCUT2D eigenvalue weighted by Gasteiger charge is 2.23. The maximum atomic E-state index is 12.7. The van der Waals surface area contributed by atoms with Crippen LogP contribution in [0.4, 0.5) is 11.4 Å². The highest BCUT2D eigenvalue weighted by Crippen LogP contribution is 2.27. The molecule has 0 fully saturated rings. The number of esters is 1. The number of furan rings is 1. The Labute approximate surface area is 169 Å². The van der Waals surface area contributed by atoms with Gasteiger partial charge in [-0.3, -0.25) is 4.79 Å². The molecule has 29 heavy (non-hydrogen) atoms. The van der Waals surface area contributed by atoms with Crippen molar-refractivity contribution in [2.75, 3.05) is 23.4 Å². The number of amides is 1. The van der Waals surface area contributed by atoms with Crippen LogP contribution >= 0.6 is 0 Å². The van der Waals surface area contributed by atoms with Gasteiger partial charge in [0.05, 0.1) is 18.4 Å². The van der Waals surface area contributed by atoms with E-state index in [4.69, 9.17) is 9.15 Å². The Morgan fingerprint density at radius 1 is 1.03 bits per heavy atom. The molecule has 2 aromatic carbocycles. The predicted molar refractivity (Wildman–Crippen MR) is 110 cm³/mol. The van der Waals surface area contributed by atoms with Gasteiger partial charge in [-0.2, -0.15) is 0 Å². The van der Waals surface area contributed by atoms with Gasteiger partial charge in [0.1, 0.15) is 5.76 Å². The topological polar surface area (TPSA) is 71.8 Å². The molecule has 1 amide bonds. The zero-order valence-corrected chi connectivity index (χ0v) is 16.0. The van der Waals surface area contributed by atoms with Crippen LogP contribution in [0.15, 0.2) is 71.3 Å². The van der Waals surface area contributed by atoms with Gasteiger partial charge in [0.2, 0.25) is 0 Å². The molecule has 1 N–H and O–H groups in total. The number of ether oxygens (including phenoxy) is 1. The van der Waals surface area contributed by atoms with Crippen molar-refractivity contribution in [3.05, 3.63) is 83.8 Å². The maximum Gasteiger partial charge on any atom is 0.340 e. The summed E-state index contributed by atoms with van der Waals surface area (Å²) < 4.78 is 10.6. The van der Waals surface area contributed by atoms with Crippen molar-refractivity contribution in [3.63, 3.8) is 0 Å². The van der Waals surface area contributed by atoms with Gasteiger partial charge in [-0.25, -0.2) is 4.79 Å². The summed E-state index contributed by atoms with van der Waals surface area (Å²) in [6.07, 6.45) is 3.45. The van der Waals surface area contributed by atoms with E-state index in [0.29, 0.717) is 24.3 Å². The molecule has 1 aliphatic heterocycles. The number of carbonyl (C=O) groups is 2. The number of anilines is 2. The van der Waals surface area contributed by atoms with Crippen LogP contribution in [0.2, 0.25) is 0 Å². The fourth-order valence-corrected chi connectivity index (χ4v) is 3.49. The van der Waals surface area contributed by atoms with Crippen molar-refractivity contribution >= 4 is 23.3 Å². The number of hydrogen-bond acceptors (Lipinski definition) is 5. The Balaban J connectivity index is 1.40. The van der Waals surface area contributed by atoms with Crippen molar-refractivity contribution < 1.29 is 18.7 Å². The fraction of sp³-hybridized carbons (Fsp3) is 0.217. The molecule has 3 aromatic rings. The molecule has 0 saturated heterocycles. The van der Waals surface area contributed by atoms with Crippen LogP contribution in [0.25, 0.3) is 0 Å². The molecule has 1 aliphatic rings. The van der Waals surface area contributed by atoms with Gasteiger partial charge >= 0.3 is 5.97 Å². The summed E-state index contributed by atoms with van der Waals surface area (Å²) in [5, 5.41) is 3.17. The minimum absolute atomic E-state index is 0.216. The number of carbonyl (C=O) groups excluding carboxylic acids is 2. The van der Waals surface area contributed by atoms with Gasteiger partial charge in [0.15, 0.2) is 6.61 Å². The average Bonchev–Trinajstić information content (AvgIpc) is 3.29. The number of rotatable bonds is 6. The number of nitrogens with zero attached hydrogens (tertiary/aromatic N) is 1. The van der Waals surface area contributed by atoms with E-state index in [-0.39, 0.29) is 12.5 Å². The van der Waals surface area contributed by atoms with E-state index in [2.05, 4.69) is 5.32 Å². The summed E-state index contributed by atoms with van der Waals surface area (Å²) in [5.41, 5.74) is 3.06. The molecule has 0 bridgehead atoms. The monoisotopic (exact) mass is 390 g/mol. The number of nitrogens with one attached hydrogen (secondary N) is 1. The smallest absolute Gasteiger partial charge is 0.340 e. The Hall–Kier alpha value is -3.54. The molecule has 0 aliphatic carbocycles. The molecule has 0 radical (unpaired) electrons. The van der Waals surface area contributed by atoms with Gasteiger partial charge in [-0.1, -0.05) is 30.3 Å². The minimum Gasteiger partial charge on any atom is -0.467 e. The van der Waals surface area contributed by atoms with Crippen molar-refractivity contribution in [2.45, 2.75) is 19.4 Å². The Morgan fingerprint density at radius 2 is 1.86 bits per heavy atom. The van der Waals surface area contributed by atoms with Gasteiger partial charge in [-0.05, 0) is 48.7 Å². The molecular weight excluding hydrogens is 368 g/mol. The van der Waals surface area contributed by atoms with E-state index < -0.39 is 5.97 Å². The average molecular weight is 390 g/mol. The van der Waals surface area contributed by atoms with Crippen LogP contribution in [0.5, 0.6) is 0 Å². The van der Waals surface area contributed by atoms with E-state index in [1.54, 1.807) is 29.4 Å². The zero-order valence-electron chi connectivity index (χ0n) is 16.0. The summed E-state index contributed by atoms with van der Waals surface area (Å²) >= 11 is 0. The zero-order chi connectivity index (χ0) is 20.1. The fourth-order valence-electron chi connectivity index (χ4n) is 3.49. The van der Waals surface area contributed by atoms with Gasteiger partial charge in [-0.15, -0.1) is 0 Å². The summed E-state index contributed by atoms with van der Waals surface area (Å²) in [6, 6.07) is 18.6. The summed E-state index contributed by atoms with van der Waals surface area (Å²) in [7, 11) is 0. The lowest BCUT2D eigenvalue weighted by Crippen LogP contribution is -2.38. The molecule has 4 rings (SSSR count). The second kappa shape index (κ2) is 8.65. The quantitative estimate of drug-likeness (QED) is 0.644. The molecule has 148 valence electrons. The van der Waals surface area contributed by atoms with Crippen LogP contribution in [0, 0.1) is 0 Å². The van der Waals surface area contributed by atoms with Crippen LogP contribution in [-0.2, 0) is 22.5 Å². The number of benzene rings is 2. The predicted octanol–water partition coefficient (Wildman–Crippen LogP) is 4.03. The van der Waals surface area contributed by atoms with Crippen LogP contribution in [0.1, 0.15) is 28.1 Å². The van der Waals surface area contributed by atoms with E-state index in [1.807, 2.05) is 42.5 Å². The van der Waals surface area contributed by atoms with Crippen LogP contribution < -0.4 is 10.2 Å². The molecule has 0 unspecified atom stereocenters. The molecule has 2 heterocycles. The lowest BCUT2D eigenvalue weighted by atomic mass is 10.0. The van der Waals surface area contributed by atoms with Gasteiger partial charge < -0.3 is 19.4 Å². The van der Waals surface area contributed by atoms with Gasteiger partial charge in [0.25, 0.3) is 5.91 Å². The number of aryl methyl sites for hydroxylation is 1. The highest BCUT2D eigenvalue weighted by molar-refractivity contribution is 5.99. The van der Waals surface area contributed by atoms with E-state index in [9.17, 15) is 9.59 Å². The highest BCUT2D eigenvalue weighted by atomic mass is 16.5. The Morgan fingerprint density at radius 3 is 2.72 bits per heavy atom. The molecule has 6 heteroatoms. The second-order valence-corrected chi connectivity index (χ2v) is 6.83. The third kappa shape index (κ3) is 4.32. The molecule has 0 spiro atoms. The van der Waals surface area contributed by atoms with E-state index in [0.717, 1.165) is 29.9 Å². The van der Waals surface area contributed by atoms with Gasteiger partial charge in [0, 0.05) is 17.9 Å². The van der Waals surface area contributed by atoms with Crippen molar-refractivity contribution in [3.8, 4) is 0 Å². The molecule has 0 saturated carbocycles. The normalized spacial score (nSPS) is 12.9. The summed E-state index contributed by atoms with van der Waals surface area (Å²) in [5.74, 6) is 0.00447. The first-order valence-corrected chi connectivity index (χ1v) is 9.63. The largest absolute Gasteiger partial charge is 0.467 e. The molecule has 6 nitrogen and oxygen atoms in total. The minimum atomic E-state index is -0.536. The van der Waals surface area contributed by atoms with E-state index >= 15 is 0 Å². The lowest BCUT2D eigenvalue weighted by Gasteiger charge is -2.29. The van der Waals surface area contributed by atoms with E-state index in [1.165, 1.54) is 0 Å². The first kappa shape index (κ1) is 18.8. The standard InChI is InChI=1S/C23H22N2O4/c26-22(25-13-5-8-17-7-1-4-12-21(17)25)16-29-23(27)19-10-2-3-11-20(19)24-15-18-9-6-14-28-18/h1-4,6-7,9-12,14,24H,5,8,13,15-16H2. The maximum absolute atomic E-state index is 12.7. The Kier molecular flexibility index (Phi) is 5.61. The first-order chi connectivity index (χ1) is 14.2. The second-order valence-electron chi connectivity index (χ2n) is 6.83. The Bertz CT molecular complexity index is 998. The summed E-state index contributed by atoms with van der Waals surface area (Å²) in [4.78, 5) is 27.0. The third-order valence-electron chi connectivity index (χ3n) is 4.92. The van der Waals surface area contributed by atoms with Crippen LogP contribution in [-0.4, -0.2) is 25.0 Å². The number of fused-ring (bicyclic) bond motifs is 1.